The molecule has 0 saturated carbocycles. The fraction of sp³-hybridized carbons (Fsp3) is 0.625. The van der Waals surface area contributed by atoms with Gasteiger partial charge in [-0.15, -0.1) is 0 Å². The molecule has 3 nitrogen and oxygen atoms in total. The normalized spacial score (nSPS) is 15.8. The van der Waals surface area contributed by atoms with Crippen LogP contribution >= 0.6 is 0 Å². The van der Waals surface area contributed by atoms with E-state index >= 15 is 0 Å². The second-order valence-corrected chi connectivity index (χ2v) is 5.17. The largest absolute Gasteiger partial charge is 0.497 e. The van der Waals surface area contributed by atoms with E-state index in [1.54, 1.807) is 7.11 Å². The first-order valence-electron chi connectivity index (χ1n) is 6.97. The van der Waals surface area contributed by atoms with Crippen molar-refractivity contribution in [1.82, 2.24) is 0 Å². The third-order valence-electron chi connectivity index (χ3n) is 3.66. The lowest BCUT2D eigenvalue weighted by molar-refractivity contribution is -0.0423. The van der Waals surface area contributed by atoms with Crippen LogP contribution in [0.2, 0.25) is 0 Å². The number of ether oxygens (including phenoxy) is 2. The average Bonchev–Trinajstić information content (AvgIpc) is 2.47. The standard InChI is InChI=1S/C16H26O3/c1-5-12(2)16(13(3)10-17)19-11-14-6-8-15(18-4)9-7-14/h6-9,12-13,16-17H,5,10-11H2,1-4H3/t12-,13-,16+/m0/s1. The number of methoxy groups -OCH3 is 1. The SMILES string of the molecule is CC[C@H](C)[C@@H](OCc1ccc(OC)cc1)[C@@H](C)CO. The zero-order valence-corrected chi connectivity index (χ0v) is 12.4. The summed E-state index contributed by atoms with van der Waals surface area (Å²) in [5.74, 6) is 1.46. The topological polar surface area (TPSA) is 38.7 Å². The zero-order chi connectivity index (χ0) is 14.3. The van der Waals surface area contributed by atoms with Gasteiger partial charge in [0.1, 0.15) is 5.75 Å². The summed E-state index contributed by atoms with van der Waals surface area (Å²) in [6.07, 6.45) is 1.15. The number of rotatable bonds is 8. The van der Waals surface area contributed by atoms with Crippen molar-refractivity contribution in [3.05, 3.63) is 29.8 Å². The highest BCUT2D eigenvalue weighted by molar-refractivity contribution is 5.26. The quantitative estimate of drug-likeness (QED) is 0.785. The van der Waals surface area contributed by atoms with Crippen LogP contribution in [-0.2, 0) is 11.3 Å². The van der Waals surface area contributed by atoms with Crippen molar-refractivity contribution >= 4 is 0 Å². The van der Waals surface area contributed by atoms with E-state index in [1.807, 2.05) is 31.2 Å². The van der Waals surface area contributed by atoms with E-state index in [-0.39, 0.29) is 18.6 Å². The van der Waals surface area contributed by atoms with Crippen molar-refractivity contribution in [2.45, 2.75) is 39.9 Å². The van der Waals surface area contributed by atoms with Crippen molar-refractivity contribution in [2.24, 2.45) is 11.8 Å². The molecule has 0 aliphatic carbocycles. The van der Waals surface area contributed by atoms with Crippen LogP contribution in [0.15, 0.2) is 24.3 Å². The average molecular weight is 266 g/mol. The molecule has 0 bridgehead atoms. The smallest absolute Gasteiger partial charge is 0.118 e. The van der Waals surface area contributed by atoms with Crippen LogP contribution in [0.5, 0.6) is 5.75 Å². The van der Waals surface area contributed by atoms with Crippen molar-refractivity contribution in [1.29, 1.82) is 0 Å². The van der Waals surface area contributed by atoms with E-state index in [2.05, 4.69) is 13.8 Å². The van der Waals surface area contributed by atoms with Crippen molar-refractivity contribution in [2.75, 3.05) is 13.7 Å². The van der Waals surface area contributed by atoms with Gasteiger partial charge < -0.3 is 14.6 Å². The monoisotopic (exact) mass is 266 g/mol. The first-order chi connectivity index (χ1) is 9.12. The molecule has 1 aromatic carbocycles. The Hall–Kier alpha value is -1.06. The molecule has 1 rings (SSSR count). The third kappa shape index (κ3) is 4.84. The molecule has 3 heteroatoms. The van der Waals surface area contributed by atoms with Crippen LogP contribution in [0.25, 0.3) is 0 Å². The molecule has 1 aromatic rings. The molecule has 19 heavy (non-hydrogen) atoms. The lowest BCUT2D eigenvalue weighted by Gasteiger charge is -2.28. The van der Waals surface area contributed by atoms with Gasteiger partial charge in [0.05, 0.1) is 19.8 Å². The molecule has 0 amide bonds. The molecule has 108 valence electrons. The molecule has 0 spiro atoms. The Bertz CT molecular complexity index is 338. The molecular formula is C16H26O3. The van der Waals surface area contributed by atoms with E-state index in [4.69, 9.17) is 9.47 Å². The van der Waals surface area contributed by atoms with E-state index in [9.17, 15) is 5.11 Å². The van der Waals surface area contributed by atoms with E-state index < -0.39 is 0 Å². The van der Waals surface area contributed by atoms with Gasteiger partial charge in [-0.1, -0.05) is 39.3 Å². The number of hydrogen-bond donors (Lipinski definition) is 1. The fourth-order valence-electron chi connectivity index (χ4n) is 2.14. The summed E-state index contributed by atoms with van der Waals surface area (Å²) in [6.45, 7) is 7.09. The van der Waals surface area contributed by atoms with Crippen LogP contribution in [0, 0.1) is 11.8 Å². The molecule has 0 radical (unpaired) electrons. The summed E-state index contributed by atoms with van der Waals surface area (Å²) < 4.78 is 11.1. The Morgan fingerprint density at radius 1 is 1.11 bits per heavy atom. The minimum atomic E-state index is 0.0945. The van der Waals surface area contributed by atoms with Gasteiger partial charge in [-0.2, -0.15) is 0 Å². The number of aliphatic hydroxyl groups is 1. The lowest BCUT2D eigenvalue weighted by atomic mass is 9.92. The number of hydrogen-bond acceptors (Lipinski definition) is 3. The molecule has 0 aliphatic heterocycles. The summed E-state index contributed by atoms with van der Waals surface area (Å²) in [7, 11) is 1.66. The first-order valence-corrected chi connectivity index (χ1v) is 6.97. The van der Waals surface area contributed by atoms with Crippen LogP contribution in [0.3, 0.4) is 0 Å². The molecule has 3 atom stereocenters. The van der Waals surface area contributed by atoms with Gasteiger partial charge >= 0.3 is 0 Å². The first kappa shape index (κ1) is 16.0. The minimum absolute atomic E-state index is 0.0945. The van der Waals surface area contributed by atoms with Crippen LogP contribution in [-0.4, -0.2) is 24.9 Å². The summed E-state index contributed by atoms with van der Waals surface area (Å²) in [5.41, 5.74) is 1.12. The third-order valence-corrected chi connectivity index (χ3v) is 3.66. The van der Waals surface area contributed by atoms with E-state index in [0.29, 0.717) is 12.5 Å². The number of aliphatic hydroxyl groups excluding tert-OH is 1. The van der Waals surface area contributed by atoms with E-state index in [1.165, 1.54) is 0 Å². The van der Waals surface area contributed by atoms with Crippen LogP contribution in [0.4, 0.5) is 0 Å². The molecule has 0 aliphatic rings. The van der Waals surface area contributed by atoms with Gasteiger partial charge in [0.15, 0.2) is 0 Å². The highest BCUT2D eigenvalue weighted by Gasteiger charge is 2.22. The summed E-state index contributed by atoms with van der Waals surface area (Å²) in [5, 5.41) is 9.32. The van der Waals surface area contributed by atoms with Crippen molar-refractivity contribution < 1.29 is 14.6 Å². The Morgan fingerprint density at radius 3 is 2.21 bits per heavy atom. The Morgan fingerprint density at radius 2 is 1.74 bits per heavy atom. The molecule has 0 fully saturated rings. The van der Waals surface area contributed by atoms with Gasteiger partial charge in [0.25, 0.3) is 0 Å². The van der Waals surface area contributed by atoms with Crippen molar-refractivity contribution in [3.63, 3.8) is 0 Å². The Labute approximate surface area is 116 Å². The second kappa shape index (κ2) is 8.18. The molecule has 0 unspecified atom stereocenters. The summed E-state index contributed by atoms with van der Waals surface area (Å²) in [4.78, 5) is 0. The second-order valence-electron chi connectivity index (χ2n) is 5.17. The molecule has 0 heterocycles. The van der Waals surface area contributed by atoms with Gasteiger partial charge in [0, 0.05) is 12.5 Å². The van der Waals surface area contributed by atoms with Crippen LogP contribution in [0.1, 0.15) is 32.8 Å². The minimum Gasteiger partial charge on any atom is -0.497 e. The zero-order valence-electron chi connectivity index (χ0n) is 12.4. The molecular weight excluding hydrogens is 240 g/mol. The van der Waals surface area contributed by atoms with Gasteiger partial charge in [-0.05, 0) is 23.6 Å². The van der Waals surface area contributed by atoms with Crippen LogP contribution < -0.4 is 4.74 Å². The van der Waals surface area contributed by atoms with Gasteiger partial charge in [-0.25, -0.2) is 0 Å². The number of benzene rings is 1. The van der Waals surface area contributed by atoms with Gasteiger partial charge in [0.2, 0.25) is 0 Å². The van der Waals surface area contributed by atoms with Crippen molar-refractivity contribution in [3.8, 4) is 5.75 Å². The predicted molar refractivity (Wildman–Crippen MR) is 77.3 cm³/mol. The fourth-order valence-corrected chi connectivity index (χ4v) is 2.14. The lowest BCUT2D eigenvalue weighted by Crippen LogP contribution is -2.30. The maximum absolute atomic E-state index is 9.32. The summed E-state index contributed by atoms with van der Waals surface area (Å²) >= 11 is 0. The Balaban J connectivity index is 2.59. The van der Waals surface area contributed by atoms with E-state index in [0.717, 1.165) is 17.7 Å². The maximum atomic E-state index is 9.32. The molecule has 1 N–H and O–H groups in total. The highest BCUT2D eigenvalue weighted by atomic mass is 16.5. The van der Waals surface area contributed by atoms with Gasteiger partial charge in [-0.3, -0.25) is 0 Å². The highest BCUT2D eigenvalue weighted by Crippen LogP contribution is 2.21. The molecule has 0 aromatic heterocycles. The Kier molecular flexibility index (Phi) is 6.89. The summed E-state index contributed by atoms with van der Waals surface area (Å²) in [6, 6.07) is 7.89. The molecule has 0 saturated heterocycles. The maximum Gasteiger partial charge on any atom is 0.118 e. The predicted octanol–water partition coefficient (Wildman–Crippen LogP) is 3.25.